The molecule has 114 valence electrons. The number of hydrogen-bond donors (Lipinski definition) is 2. The summed E-state index contributed by atoms with van der Waals surface area (Å²) in [6, 6.07) is 6.69. The fraction of sp³-hybridized carbons (Fsp3) is 0.467. The molecule has 2 N–H and O–H groups in total. The van der Waals surface area contributed by atoms with Gasteiger partial charge in [0, 0.05) is 24.7 Å². The Morgan fingerprint density at radius 1 is 1.48 bits per heavy atom. The highest BCUT2D eigenvalue weighted by atomic mass is 16.5. The summed E-state index contributed by atoms with van der Waals surface area (Å²) in [5.41, 5.74) is 0.676. The summed E-state index contributed by atoms with van der Waals surface area (Å²) in [4.78, 5) is 24.8. The van der Waals surface area contributed by atoms with E-state index in [2.05, 4.69) is 5.32 Å². The number of carbonyl (C=O) groups excluding carboxylic acids is 1. The molecule has 1 aliphatic rings. The van der Waals surface area contributed by atoms with Gasteiger partial charge in [0.15, 0.2) is 0 Å². The van der Waals surface area contributed by atoms with Gasteiger partial charge in [-0.25, -0.2) is 0 Å². The number of methoxy groups -OCH3 is 1. The van der Waals surface area contributed by atoms with E-state index in [1.165, 1.54) is 0 Å². The molecule has 1 atom stereocenters. The number of hydrogen-bond acceptors (Lipinski definition) is 4. The van der Waals surface area contributed by atoms with E-state index >= 15 is 0 Å². The molecule has 1 saturated heterocycles. The van der Waals surface area contributed by atoms with Crippen LogP contribution in [0.5, 0.6) is 5.75 Å². The van der Waals surface area contributed by atoms with E-state index in [0.717, 1.165) is 13.0 Å². The van der Waals surface area contributed by atoms with Crippen LogP contribution in [-0.2, 0) is 9.59 Å². The van der Waals surface area contributed by atoms with E-state index < -0.39 is 12.0 Å². The summed E-state index contributed by atoms with van der Waals surface area (Å²) >= 11 is 0. The van der Waals surface area contributed by atoms with Crippen molar-refractivity contribution in [1.29, 1.82) is 0 Å². The van der Waals surface area contributed by atoms with Gasteiger partial charge in [0.2, 0.25) is 5.91 Å². The van der Waals surface area contributed by atoms with Gasteiger partial charge in [-0.1, -0.05) is 6.07 Å². The van der Waals surface area contributed by atoms with Crippen molar-refractivity contribution in [2.75, 3.05) is 25.5 Å². The van der Waals surface area contributed by atoms with Gasteiger partial charge in [0.1, 0.15) is 11.8 Å². The Morgan fingerprint density at radius 3 is 3.00 bits per heavy atom. The average Bonchev–Trinajstić information content (AvgIpc) is 2.94. The van der Waals surface area contributed by atoms with Crippen molar-refractivity contribution >= 4 is 17.6 Å². The standard InChI is InChI=1S/C15H20N2O4/c1-21-12-5-2-4-11(10-12)16-14(18)7-9-17-8-3-6-13(17)15(19)20/h2,4-5,10,13H,3,6-9H2,1H3,(H,16,18)(H,19,20)/t13-/m1/s1. The summed E-state index contributed by atoms with van der Waals surface area (Å²) in [7, 11) is 1.57. The molecule has 0 radical (unpaired) electrons. The molecule has 1 aliphatic heterocycles. The predicted octanol–water partition coefficient (Wildman–Crippen LogP) is 1.57. The van der Waals surface area contributed by atoms with E-state index in [1.807, 2.05) is 4.90 Å². The largest absolute Gasteiger partial charge is 0.497 e. The fourth-order valence-electron chi connectivity index (χ4n) is 2.54. The van der Waals surface area contributed by atoms with Crippen LogP contribution in [0.1, 0.15) is 19.3 Å². The lowest BCUT2D eigenvalue weighted by atomic mass is 10.2. The summed E-state index contributed by atoms with van der Waals surface area (Å²) in [5, 5.41) is 11.9. The Balaban J connectivity index is 1.83. The zero-order valence-corrected chi connectivity index (χ0v) is 12.0. The number of carbonyl (C=O) groups is 2. The Kier molecular flexibility index (Phi) is 5.16. The van der Waals surface area contributed by atoms with E-state index in [4.69, 9.17) is 9.84 Å². The van der Waals surface area contributed by atoms with Crippen LogP contribution in [0.3, 0.4) is 0 Å². The number of anilines is 1. The Morgan fingerprint density at radius 2 is 2.29 bits per heavy atom. The molecule has 0 bridgehead atoms. The molecular formula is C15H20N2O4. The number of amides is 1. The van der Waals surface area contributed by atoms with Gasteiger partial charge in [-0.2, -0.15) is 0 Å². The highest BCUT2D eigenvalue weighted by Crippen LogP contribution is 2.19. The lowest BCUT2D eigenvalue weighted by Gasteiger charge is -2.20. The highest BCUT2D eigenvalue weighted by Gasteiger charge is 2.30. The number of rotatable bonds is 6. The zero-order chi connectivity index (χ0) is 15.2. The van der Waals surface area contributed by atoms with Gasteiger partial charge in [-0.3, -0.25) is 14.5 Å². The third kappa shape index (κ3) is 4.19. The van der Waals surface area contributed by atoms with Crippen LogP contribution >= 0.6 is 0 Å². The number of benzene rings is 1. The number of nitrogens with zero attached hydrogens (tertiary/aromatic N) is 1. The van der Waals surface area contributed by atoms with Crippen LogP contribution in [0.15, 0.2) is 24.3 Å². The molecule has 6 heteroatoms. The van der Waals surface area contributed by atoms with Crippen molar-refractivity contribution in [2.24, 2.45) is 0 Å². The maximum absolute atomic E-state index is 11.9. The van der Waals surface area contributed by atoms with Crippen molar-refractivity contribution in [3.63, 3.8) is 0 Å². The molecule has 1 aromatic rings. The van der Waals surface area contributed by atoms with E-state index in [-0.39, 0.29) is 12.3 Å². The predicted molar refractivity (Wildman–Crippen MR) is 78.5 cm³/mol. The summed E-state index contributed by atoms with van der Waals surface area (Å²) in [6.45, 7) is 1.20. The average molecular weight is 292 g/mol. The number of likely N-dealkylation sites (tertiary alicyclic amines) is 1. The van der Waals surface area contributed by atoms with E-state index in [9.17, 15) is 9.59 Å². The zero-order valence-electron chi connectivity index (χ0n) is 12.0. The first kappa shape index (κ1) is 15.3. The third-order valence-electron chi connectivity index (χ3n) is 3.63. The molecule has 1 amide bonds. The van der Waals surface area contributed by atoms with Gasteiger partial charge in [-0.15, -0.1) is 0 Å². The minimum absolute atomic E-state index is 0.126. The quantitative estimate of drug-likeness (QED) is 0.832. The molecule has 2 rings (SSSR count). The molecule has 21 heavy (non-hydrogen) atoms. The summed E-state index contributed by atoms with van der Waals surface area (Å²) in [6.07, 6.45) is 1.81. The van der Waals surface area contributed by atoms with E-state index in [1.54, 1.807) is 31.4 Å². The Labute approximate surface area is 123 Å². The SMILES string of the molecule is COc1cccc(NC(=O)CCN2CCC[C@@H]2C(=O)O)c1. The normalized spacial score (nSPS) is 18.4. The molecule has 0 saturated carbocycles. The van der Waals surface area contributed by atoms with Crippen LogP contribution in [0.25, 0.3) is 0 Å². The third-order valence-corrected chi connectivity index (χ3v) is 3.63. The van der Waals surface area contributed by atoms with Crippen molar-refractivity contribution in [3.8, 4) is 5.75 Å². The van der Waals surface area contributed by atoms with Crippen LogP contribution in [-0.4, -0.2) is 48.1 Å². The molecule has 0 unspecified atom stereocenters. The van der Waals surface area contributed by atoms with Gasteiger partial charge in [0.05, 0.1) is 7.11 Å². The minimum atomic E-state index is -0.805. The maximum atomic E-state index is 11.9. The molecule has 0 spiro atoms. The maximum Gasteiger partial charge on any atom is 0.320 e. The number of ether oxygens (including phenoxy) is 1. The number of aliphatic carboxylic acids is 1. The number of carboxylic acid groups (broad SMARTS) is 1. The van der Waals surface area contributed by atoms with Crippen molar-refractivity contribution in [1.82, 2.24) is 4.90 Å². The molecule has 6 nitrogen and oxygen atoms in total. The Hall–Kier alpha value is -2.08. The van der Waals surface area contributed by atoms with Crippen molar-refractivity contribution in [3.05, 3.63) is 24.3 Å². The molecule has 0 aliphatic carbocycles. The van der Waals surface area contributed by atoms with Crippen LogP contribution in [0, 0.1) is 0 Å². The van der Waals surface area contributed by atoms with Crippen LogP contribution < -0.4 is 10.1 Å². The molecule has 1 aromatic carbocycles. The summed E-state index contributed by atoms with van der Waals surface area (Å²) < 4.78 is 5.09. The van der Waals surface area contributed by atoms with Gasteiger partial charge in [0.25, 0.3) is 0 Å². The molecular weight excluding hydrogens is 272 g/mol. The van der Waals surface area contributed by atoms with Crippen molar-refractivity contribution < 1.29 is 19.4 Å². The van der Waals surface area contributed by atoms with Crippen molar-refractivity contribution in [2.45, 2.75) is 25.3 Å². The number of carboxylic acids is 1. The molecule has 0 aromatic heterocycles. The molecule has 1 heterocycles. The van der Waals surface area contributed by atoms with Gasteiger partial charge in [-0.05, 0) is 31.5 Å². The Bertz CT molecular complexity index is 518. The second kappa shape index (κ2) is 7.08. The lowest BCUT2D eigenvalue weighted by Crippen LogP contribution is -2.37. The highest BCUT2D eigenvalue weighted by molar-refractivity contribution is 5.91. The second-order valence-electron chi connectivity index (χ2n) is 5.06. The van der Waals surface area contributed by atoms with Crippen LogP contribution in [0.2, 0.25) is 0 Å². The lowest BCUT2D eigenvalue weighted by molar-refractivity contribution is -0.142. The fourth-order valence-corrected chi connectivity index (χ4v) is 2.54. The topological polar surface area (TPSA) is 78.9 Å². The first-order valence-corrected chi connectivity index (χ1v) is 7.01. The van der Waals surface area contributed by atoms with E-state index in [0.29, 0.717) is 24.4 Å². The summed E-state index contributed by atoms with van der Waals surface area (Å²) in [5.74, 6) is -0.252. The van der Waals surface area contributed by atoms with Crippen LogP contribution in [0.4, 0.5) is 5.69 Å². The van der Waals surface area contributed by atoms with Gasteiger partial charge >= 0.3 is 5.97 Å². The monoisotopic (exact) mass is 292 g/mol. The second-order valence-corrected chi connectivity index (χ2v) is 5.06. The van der Waals surface area contributed by atoms with Gasteiger partial charge < -0.3 is 15.2 Å². The first-order chi connectivity index (χ1) is 10.1. The smallest absolute Gasteiger partial charge is 0.320 e. The molecule has 1 fully saturated rings. The first-order valence-electron chi connectivity index (χ1n) is 7.01. The number of nitrogens with one attached hydrogen (secondary N) is 1. The minimum Gasteiger partial charge on any atom is -0.497 e.